The number of carbonyl (C=O) groups is 1. The molecule has 40 heavy (non-hydrogen) atoms. The molecule has 1 N–H and O–H groups in total. The molecule has 0 aromatic heterocycles. The summed E-state index contributed by atoms with van der Waals surface area (Å²) in [4.78, 5) is 19.2. The third kappa shape index (κ3) is 10.1. The lowest BCUT2D eigenvalue weighted by molar-refractivity contribution is 0.0951. The van der Waals surface area contributed by atoms with Crippen molar-refractivity contribution in [3.63, 3.8) is 0 Å². The summed E-state index contributed by atoms with van der Waals surface area (Å²) in [5, 5.41) is 2.99. The molecule has 0 saturated carbocycles. The van der Waals surface area contributed by atoms with E-state index in [0.717, 1.165) is 48.1 Å². The Hall–Kier alpha value is -3.16. The van der Waals surface area contributed by atoms with Gasteiger partial charge in [0.15, 0.2) is 11.5 Å². The summed E-state index contributed by atoms with van der Waals surface area (Å²) < 4.78 is 11.6. The predicted octanol–water partition coefficient (Wildman–Crippen LogP) is 7.32. The maximum atomic E-state index is 12.7. The average Bonchev–Trinajstić information content (AvgIpc) is 2.99. The lowest BCUT2D eigenvalue weighted by Gasteiger charge is -2.32. The van der Waals surface area contributed by atoms with Gasteiger partial charge in [-0.05, 0) is 85.8 Å². The van der Waals surface area contributed by atoms with Crippen LogP contribution in [0.15, 0.2) is 81.8 Å². The molecule has 2 aromatic rings. The Kier molecular flexibility index (Phi) is 14.5. The molecule has 2 aromatic carbocycles. The van der Waals surface area contributed by atoms with Crippen molar-refractivity contribution in [3.8, 4) is 11.5 Å². The van der Waals surface area contributed by atoms with Gasteiger partial charge in [-0.3, -0.25) is 14.7 Å². The van der Waals surface area contributed by atoms with E-state index in [0.29, 0.717) is 29.5 Å². The van der Waals surface area contributed by atoms with Gasteiger partial charge in [-0.25, -0.2) is 0 Å². The lowest BCUT2D eigenvalue weighted by Crippen LogP contribution is -2.34. The molecule has 0 spiro atoms. The van der Waals surface area contributed by atoms with Gasteiger partial charge in [0.1, 0.15) is 0 Å². The molecule has 1 amide bonds. The van der Waals surface area contributed by atoms with Gasteiger partial charge in [0.25, 0.3) is 5.91 Å². The second-order valence-corrected chi connectivity index (χ2v) is 10.3. The van der Waals surface area contributed by atoms with Gasteiger partial charge < -0.3 is 14.8 Å². The highest BCUT2D eigenvalue weighted by atomic mass is 79.9. The van der Waals surface area contributed by atoms with Crippen LogP contribution >= 0.6 is 15.9 Å². The van der Waals surface area contributed by atoms with Crippen molar-refractivity contribution in [1.29, 1.82) is 0 Å². The van der Waals surface area contributed by atoms with Crippen LogP contribution in [0.4, 0.5) is 0 Å². The van der Waals surface area contributed by atoms with E-state index >= 15 is 0 Å². The molecule has 7 heteroatoms. The summed E-state index contributed by atoms with van der Waals surface area (Å²) in [5.74, 6) is 1.74. The zero-order valence-corrected chi connectivity index (χ0v) is 26.4. The molecule has 1 fully saturated rings. The minimum Gasteiger partial charge on any atom is -0.493 e. The molecule has 0 bridgehead atoms. The summed E-state index contributed by atoms with van der Waals surface area (Å²) in [6.45, 7) is 13.8. The summed E-state index contributed by atoms with van der Waals surface area (Å²) in [6.07, 6.45) is 8.00. The number of benzene rings is 2. The summed E-state index contributed by atoms with van der Waals surface area (Å²) >= 11 is 3.55. The Morgan fingerprint density at radius 3 is 2.35 bits per heavy atom. The van der Waals surface area contributed by atoms with Gasteiger partial charge in [0, 0.05) is 36.4 Å². The van der Waals surface area contributed by atoms with Gasteiger partial charge in [0.2, 0.25) is 0 Å². The van der Waals surface area contributed by atoms with Crippen molar-refractivity contribution in [2.24, 2.45) is 4.99 Å². The molecule has 0 aliphatic carbocycles. The maximum Gasteiger partial charge on any atom is 0.251 e. The predicted molar refractivity (Wildman–Crippen MR) is 171 cm³/mol. The first-order chi connectivity index (χ1) is 19.3. The van der Waals surface area contributed by atoms with Crippen molar-refractivity contribution in [2.75, 3.05) is 40.9 Å². The van der Waals surface area contributed by atoms with E-state index in [1.165, 1.54) is 11.1 Å². The van der Waals surface area contributed by atoms with E-state index < -0.39 is 0 Å². The number of likely N-dealkylation sites (tertiary alicyclic amines) is 1. The fourth-order valence-electron chi connectivity index (χ4n) is 4.62. The Morgan fingerprint density at radius 1 is 1.10 bits per heavy atom. The minimum atomic E-state index is -0.0894. The lowest BCUT2D eigenvalue weighted by atomic mass is 9.89. The highest BCUT2D eigenvalue weighted by molar-refractivity contribution is 9.12. The average molecular weight is 611 g/mol. The van der Waals surface area contributed by atoms with Crippen molar-refractivity contribution < 1.29 is 14.3 Å². The molecule has 1 saturated heterocycles. The molecule has 0 radical (unpaired) electrons. The van der Waals surface area contributed by atoms with Crippen LogP contribution in [0.25, 0.3) is 0 Å². The highest BCUT2D eigenvalue weighted by Crippen LogP contribution is 2.29. The summed E-state index contributed by atoms with van der Waals surface area (Å²) in [7, 11) is 4.96. The standard InChI is InChI=1S/C31H38BrN3O3.C2H6/c1-22(18-23(2)28(32)12-15-33-3)21-35-16-13-26(14-17-35)25-7-9-27(10-8-25)31(36)34-20-24-6-11-29(37-4)30(19-24)38-5;1-2/h6-12,15,18-19,26H,2,13-14,16-17,20-21H2,1,3-5H3,(H,34,36);1-2H3/b22-18+,28-12+,33-15?;. The van der Waals surface area contributed by atoms with Crippen LogP contribution in [-0.2, 0) is 6.54 Å². The van der Waals surface area contributed by atoms with Gasteiger partial charge in [0.05, 0.1) is 14.2 Å². The van der Waals surface area contributed by atoms with Crippen molar-refractivity contribution in [3.05, 3.63) is 93.5 Å². The van der Waals surface area contributed by atoms with E-state index in [9.17, 15) is 4.79 Å². The number of nitrogens with zero attached hydrogens (tertiary/aromatic N) is 2. The van der Waals surface area contributed by atoms with Gasteiger partial charge in [-0.2, -0.15) is 0 Å². The number of aliphatic imine (C=N–C) groups is 1. The van der Waals surface area contributed by atoms with E-state index in [1.807, 2.05) is 50.3 Å². The molecular formula is C33H44BrN3O3. The quantitative estimate of drug-likeness (QED) is 0.214. The number of hydrogen-bond donors (Lipinski definition) is 1. The molecule has 1 heterocycles. The number of nitrogens with one attached hydrogen (secondary N) is 1. The summed E-state index contributed by atoms with van der Waals surface area (Å²) in [5.41, 5.74) is 5.15. The molecule has 3 rings (SSSR count). The molecule has 1 aliphatic rings. The number of methoxy groups -OCH3 is 2. The number of ether oxygens (including phenoxy) is 2. The van der Waals surface area contributed by atoms with Crippen molar-refractivity contribution >= 4 is 28.1 Å². The van der Waals surface area contributed by atoms with Gasteiger partial charge in [-0.1, -0.05) is 66.2 Å². The first kappa shape index (κ1) is 33.0. The molecule has 0 atom stereocenters. The van der Waals surface area contributed by atoms with E-state index in [1.54, 1.807) is 27.5 Å². The Morgan fingerprint density at radius 2 is 1.75 bits per heavy atom. The number of hydrogen-bond acceptors (Lipinski definition) is 5. The van der Waals surface area contributed by atoms with E-state index in [4.69, 9.17) is 9.47 Å². The van der Waals surface area contributed by atoms with Crippen LogP contribution in [0.1, 0.15) is 61.0 Å². The molecule has 216 valence electrons. The maximum absolute atomic E-state index is 12.7. The van der Waals surface area contributed by atoms with Crippen LogP contribution in [0.3, 0.4) is 0 Å². The van der Waals surface area contributed by atoms with Crippen LogP contribution in [0.2, 0.25) is 0 Å². The fourth-order valence-corrected chi connectivity index (χ4v) is 4.85. The number of halogens is 1. The smallest absolute Gasteiger partial charge is 0.251 e. The largest absolute Gasteiger partial charge is 0.493 e. The SMILES string of the molecule is C=C(/C=C(\C)CN1CCC(c2ccc(C(=O)NCc3ccc(OC)c(OC)c3)cc2)CC1)/C(Br)=C\C=NC.CC. The monoisotopic (exact) mass is 609 g/mol. The Labute approximate surface area is 249 Å². The van der Waals surface area contributed by atoms with Crippen molar-refractivity contribution in [2.45, 2.75) is 46.1 Å². The second-order valence-electron chi connectivity index (χ2n) is 9.48. The van der Waals surface area contributed by atoms with Crippen LogP contribution in [0.5, 0.6) is 11.5 Å². The molecular weight excluding hydrogens is 566 g/mol. The highest BCUT2D eigenvalue weighted by Gasteiger charge is 2.21. The molecule has 6 nitrogen and oxygen atoms in total. The number of rotatable bonds is 11. The van der Waals surface area contributed by atoms with E-state index in [-0.39, 0.29) is 5.91 Å². The van der Waals surface area contributed by atoms with Crippen LogP contribution in [-0.4, -0.2) is 57.9 Å². The van der Waals surface area contributed by atoms with Crippen LogP contribution in [0, 0.1) is 0 Å². The number of amides is 1. The zero-order valence-electron chi connectivity index (χ0n) is 24.8. The van der Waals surface area contributed by atoms with Gasteiger partial charge in [-0.15, -0.1) is 0 Å². The number of allylic oxidation sites excluding steroid dienone is 4. The number of piperidine rings is 1. The normalized spacial score (nSPS) is 14.9. The van der Waals surface area contributed by atoms with Crippen molar-refractivity contribution in [1.82, 2.24) is 10.2 Å². The molecule has 1 aliphatic heterocycles. The third-order valence-corrected chi connectivity index (χ3v) is 7.48. The Bertz CT molecular complexity index is 1190. The Balaban J connectivity index is 0.00000274. The second kappa shape index (κ2) is 17.5. The summed E-state index contributed by atoms with van der Waals surface area (Å²) in [6, 6.07) is 13.7. The topological polar surface area (TPSA) is 63.2 Å². The van der Waals surface area contributed by atoms with Crippen LogP contribution < -0.4 is 14.8 Å². The first-order valence-electron chi connectivity index (χ1n) is 13.8. The molecule has 0 unspecified atom stereocenters. The first-order valence-corrected chi connectivity index (χ1v) is 14.6. The zero-order chi connectivity index (χ0) is 29.5. The number of carbonyl (C=O) groups excluding carboxylic acids is 1. The minimum absolute atomic E-state index is 0.0894. The third-order valence-electron chi connectivity index (χ3n) is 6.70. The van der Waals surface area contributed by atoms with Gasteiger partial charge >= 0.3 is 0 Å². The fraction of sp³-hybridized carbons (Fsp3) is 0.394. The van der Waals surface area contributed by atoms with E-state index in [2.05, 4.69) is 62.9 Å².